The fourth-order valence-electron chi connectivity index (χ4n) is 9.10. The van der Waals surface area contributed by atoms with Crippen LogP contribution >= 0.6 is 0 Å². The van der Waals surface area contributed by atoms with Gasteiger partial charge in [0.2, 0.25) is 0 Å². The zero-order valence-electron chi connectivity index (χ0n) is 12.4. The van der Waals surface area contributed by atoms with E-state index >= 15 is 0 Å². The maximum atomic E-state index is 6.11. The van der Waals surface area contributed by atoms with Gasteiger partial charge in [-0.15, -0.1) is 0 Å². The van der Waals surface area contributed by atoms with Gasteiger partial charge in [-0.2, -0.15) is 0 Å². The maximum Gasteiger partial charge on any atom is 0.174 e. The topological polar surface area (TPSA) is 18.5 Å². The van der Waals surface area contributed by atoms with Crippen molar-refractivity contribution in [2.24, 2.45) is 47.3 Å². The minimum absolute atomic E-state index is 0.247. The third kappa shape index (κ3) is 0.724. The van der Waals surface area contributed by atoms with Gasteiger partial charge in [0.05, 0.1) is 0 Å². The molecular formula is C19H20O2. The lowest BCUT2D eigenvalue weighted by Gasteiger charge is -2.55. The molecule has 108 valence electrons. The lowest BCUT2D eigenvalue weighted by atomic mass is 9.49. The van der Waals surface area contributed by atoms with Crippen LogP contribution < -0.4 is 0 Å². The van der Waals surface area contributed by atoms with Crippen molar-refractivity contribution in [2.75, 3.05) is 14.2 Å². The molecule has 4 bridgehead atoms. The van der Waals surface area contributed by atoms with E-state index in [-0.39, 0.29) is 5.79 Å². The van der Waals surface area contributed by atoms with Gasteiger partial charge in [-0.05, 0) is 58.5 Å². The molecule has 5 fully saturated rings. The first-order valence-corrected chi connectivity index (χ1v) is 8.54. The van der Waals surface area contributed by atoms with Gasteiger partial charge in [-0.3, -0.25) is 0 Å². The van der Waals surface area contributed by atoms with Crippen LogP contribution in [0.3, 0.4) is 0 Å². The summed E-state index contributed by atoms with van der Waals surface area (Å²) in [4.78, 5) is 0. The van der Waals surface area contributed by atoms with E-state index in [0.29, 0.717) is 11.8 Å². The molecule has 0 N–H and O–H groups in total. The lowest BCUT2D eigenvalue weighted by molar-refractivity contribution is -0.240. The fraction of sp³-hybridized carbons (Fsp3) is 0.684. The Kier molecular flexibility index (Phi) is 1.46. The van der Waals surface area contributed by atoms with Crippen LogP contribution in [0.1, 0.15) is 23.0 Å². The van der Waals surface area contributed by atoms with Gasteiger partial charge in [0.15, 0.2) is 5.79 Å². The first kappa shape index (κ1) is 10.8. The van der Waals surface area contributed by atoms with Gasteiger partial charge >= 0.3 is 0 Å². The zero-order chi connectivity index (χ0) is 13.7. The number of hydrogen-bond donors (Lipinski definition) is 0. The van der Waals surface area contributed by atoms with Crippen molar-refractivity contribution in [2.45, 2.75) is 17.6 Å². The third-order valence-corrected chi connectivity index (χ3v) is 8.82. The van der Waals surface area contributed by atoms with Crippen LogP contribution in [0.25, 0.3) is 0 Å². The first-order chi connectivity index (χ1) is 10.3. The quantitative estimate of drug-likeness (QED) is 0.776. The molecule has 8 rings (SSSR count). The highest BCUT2D eigenvalue weighted by molar-refractivity contribution is 5.53. The fourth-order valence-corrected chi connectivity index (χ4v) is 9.10. The SMILES string of the molecule is COC1(OC)[C@H]2[C@@H]3[C@H]4[C@@H]5c6ccccc6[C@@H]6[C@H]4[C@@H]3[C@H]1[C@@H]6[C@H]52. The smallest absolute Gasteiger partial charge is 0.174 e. The molecule has 0 aliphatic heterocycles. The molecule has 0 aromatic heterocycles. The van der Waals surface area contributed by atoms with Gasteiger partial charge in [0, 0.05) is 26.1 Å². The second kappa shape index (κ2) is 2.83. The lowest BCUT2D eigenvalue weighted by Crippen LogP contribution is -2.48. The van der Waals surface area contributed by atoms with Gasteiger partial charge in [-0.25, -0.2) is 0 Å². The van der Waals surface area contributed by atoms with Crippen molar-refractivity contribution in [1.82, 2.24) is 0 Å². The van der Waals surface area contributed by atoms with Gasteiger partial charge in [0.25, 0.3) is 0 Å². The van der Waals surface area contributed by atoms with Crippen molar-refractivity contribution in [3.63, 3.8) is 0 Å². The van der Waals surface area contributed by atoms with Crippen molar-refractivity contribution < 1.29 is 9.47 Å². The highest BCUT2D eigenvalue weighted by Gasteiger charge is 2.92. The van der Waals surface area contributed by atoms with Crippen LogP contribution in [0, 0.1) is 47.3 Å². The second-order valence-corrected chi connectivity index (χ2v) is 8.33. The van der Waals surface area contributed by atoms with Gasteiger partial charge in [-0.1, -0.05) is 24.3 Å². The van der Waals surface area contributed by atoms with E-state index in [0.717, 1.165) is 47.3 Å². The van der Waals surface area contributed by atoms with Gasteiger partial charge in [0.1, 0.15) is 0 Å². The maximum absolute atomic E-state index is 6.11. The Morgan fingerprint density at radius 2 is 1.19 bits per heavy atom. The zero-order valence-corrected chi connectivity index (χ0v) is 12.4. The van der Waals surface area contributed by atoms with Crippen LogP contribution in [-0.2, 0) is 9.47 Å². The highest BCUT2D eigenvalue weighted by atomic mass is 16.7. The Morgan fingerprint density at radius 3 is 1.62 bits per heavy atom. The molecule has 2 nitrogen and oxygen atoms in total. The third-order valence-electron chi connectivity index (χ3n) is 8.82. The molecule has 0 heterocycles. The Labute approximate surface area is 124 Å². The minimum Gasteiger partial charge on any atom is -0.353 e. The number of benzene rings is 1. The first-order valence-electron chi connectivity index (χ1n) is 8.54. The summed E-state index contributed by atoms with van der Waals surface area (Å²) >= 11 is 0. The van der Waals surface area contributed by atoms with Crippen LogP contribution in [0.5, 0.6) is 0 Å². The molecule has 0 spiro atoms. The Balaban J connectivity index is 1.56. The minimum atomic E-state index is -0.247. The summed E-state index contributed by atoms with van der Waals surface area (Å²) in [5, 5.41) is 0. The largest absolute Gasteiger partial charge is 0.353 e. The molecule has 1 aromatic carbocycles. The van der Waals surface area contributed by atoms with Crippen molar-refractivity contribution >= 4 is 0 Å². The summed E-state index contributed by atoms with van der Waals surface area (Å²) in [6.45, 7) is 0. The van der Waals surface area contributed by atoms with E-state index in [2.05, 4.69) is 24.3 Å². The summed E-state index contributed by atoms with van der Waals surface area (Å²) in [7, 11) is 3.78. The molecule has 0 unspecified atom stereocenters. The molecule has 21 heavy (non-hydrogen) atoms. The van der Waals surface area contributed by atoms with E-state index in [1.54, 1.807) is 11.1 Å². The molecule has 0 amide bonds. The molecule has 2 heteroatoms. The predicted molar refractivity (Wildman–Crippen MR) is 76.6 cm³/mol. The molecule has 0 radical (unpaired) electrons. The van der Waals surface area contributed by atoms with Gasteiger partial charge < -0.3 is 9.47 Å². The van der Waals surface area contributed by atoms with Crippen molar-refractivity contribution in [3.8, 4) is 0 Å². The van der Waals surface area contributed by atoms with Crippen molar-refractivity contribution in [3.05, 3.63) is 35.4 Å². The van der Waals surface area contributed by atoms with Crippen LogP contribution in [0.4, 0.5) is 0 Å². The summed E-state index contributed by atoms with van der Waals surface area (Å²) < 4.78 is 12.2. The standard InChI is InChI=1S/C19H20O2/c1-20-19(21-2)17-13-9-7-5-3-4-6-8(7)10-12-11(9)15(17)16(12)18(19)14(10)13/h3-6,9-18H,1-2H3/t9-,10+,11-,12+,13-,14-,15+,16-,17+,18+/m0/s1. The average molecular weight is 280 g/mol. The number of ether oxygens (including phenoxy) is 2. The van der Waals surface area contributed by atoms with Crippen LogP contribution in [0.2, 0.25) is 0 Å². The average Bonchev–Trinajstić information content (AvgIpc) is 3.04. The number of rotatable bonds is 2. The molecule has 1 aromatic rings. The molecule has 5 saturated carbocycles. The van der Waals surface area contributed by atoms with Crippen molar-refractivity contribution in [1.29, 1.82) is 0 Å². The van der Waals surface area contributed by atoms with E-state index < -0.39 is 0 Å². The van der Waals surface area contributed by atoms with E-state index in [1.807, 2.05) is 14.2 Å². The number of hydrogen-bond acceptors (Lipinski definition) is 2. The Bertz CT molecular complexity index is 638. The normalized spacial score (nSPS) is 60.7. The molecule has 7 aliphatic carbocycles. The number of methoxy groups -OCH3 is 2. The van der Waals surface area contributed by atoms with E-state index in [4.69, 9.17) is 9.47 Å². The summed E-state index contributed by atoms with van der Waals surface area (Å²) in [6.07, 6.45) is 0. The second-order valence-electron chi connectivity index (χ2n) is 8.33. The summed E-state index contributed by atoms with van der Waals surface area (Å²) in [5.41, 5.74) is 3.39. The molecule has 0 saturated heterocycles. The highest BCUT2D eigenvalue weighted by Crippen LogP contribution is 2.93. The van der Waals surface area contributed by atoms with E-state index in [1.165, 1.54) is 0 Å². The molecular weight excluding hydrogens is 260 g/mol. The van der Waals surface area contributed by atoms with Crippen LogP contribution in [0.15, 0.2) is 24.3 Å². The summed E-state index contributed by atoms with van der Waals surface area (Å²) in [5.74, 6) is 8.18. The monoisotopic (exact) mass is 280 g/mol. The Hall–Kier alpha value is -0.860. The van der Waals surface area contributed by atoms with Crippen LogP contribution in [-0.4, -0.2) is 20.0 Å². The Morgan fingerprint density at radius 1 is 0.714 bits per heavy atom. The predicted octanol–water partition coefficient (Wildman–Crippen LogP) is 2.85. The summed E-state index contributed by atoms with van der Waals surface area (Å²) in [6, 6.07) is 9.34. The molecule has 10 atom stereocenters. The molecule has 7 aliphatic rings. The van der Waals surface area contributed by atoms with E-state index in [9.17, 15) is 0 Å².